The Labute approximate surface area is 308 Å². The Morgan fingerprint density at radius 1 is 0.415 bits per heavy atom. The molecule has 0 atom stereocenters. The van der Waals surface area contributed by atoms with Gasteiger partial charge in [0.1, 0.15) is 22.6 Å². The lowest BCUT2D eigenvalue weighted by atomic mass is 9.85. The van der Waals surface area contributed by atoms with Crippen LogP contribution in [0.15, 0.2) is 72.8 Å². The molecule has 2 aliphatic heterocycles. The molecule has 3 aromatic heterocycles. The van der Waals surface area contributed by atoms with Crippen molar-refractivity contribution in [3.05, 3.63) is 89.5 Å². The number of hydrogen-bond acceptors (Lipinski definition) is 7. The number of nitrogens with two attached hydrogens (primary N) is 1. The standard InChI is InChI=1S/C44H43N9/c1-42(2,3)22-13-16-25-29(19-22)38-46-34(25)48-39-31-21-24(44(7,8)9)15-18-27(31)36(50-39)52-41-33-28(11-10-12-32(33)45)37(53-41)51-40-30-20-23(43(4,5)6)14-17-26(30)35(47-38)49-40/h10-21H,45H2,1-9H3,(H2,46,47,48,49,50,51,52,53). The van der Waals surface area contributed by atoms with Crippen molar-refractivity contribution in [2.75, 3.05) is 5.73 Å². The summed E-state index contributed by atoms with van der Waals surface area (Å²) in [5.74, 6) is 2.28. The van der Waals surface area contributed by atoms with Crippen molar-refractivity contribution >= 4 is 49.8 Å². The second kappa shape index (κ2) is 11.0. The van der Waals surface area contributed by atoms with E-state index >= 15 is 0 Å². The molecule has 264 valence electrons. The molecule has 4 N–H and O–H groups in total. The van der Waals surface area contributed by atoms with E-state index < -0.39 is 0 Å². The number of hydrogen-bond donors (Lipinski definition) is 3. The van der Waals surface area contributed by atoms with Crippen molar-refractivity contribution in [1.29, 1.82) is 0 Å². The molecule has 53 heavy (non-hydrogen) atoms. The first-order chi connectivity index (χ1) is 25.0. The van der Waals surface area contributed by atoms with E-state index in [4.69, 9.17) is 35.6 Å². The van der Waals surface area contributed by atoms with Gasteiger partial charge in [-0.2, -0.15) is 0 Å². The van der Waals surface area contributed by atoms with Crippen LogP contribution in [-0.2, 0) is 16.2 Å². The summed E-state index contributed by atoms with van der Waals surface area (Å²) in [6.45, 7) is 19.9. The highest BCUT2D eigenvalue weighted by Crippen LogP contribution is 2.41. The summed E-state index contributed by atoms with van der Waals surface area (Å²) in [6, 6.07) is 25.3. The number of anilines is 1. The molecular formula is C44H43N9. The molecule has 0 amide bonds. The number of nitrogens with one attached hydrogen (secondary N) is 2. The first-order valence-electron chi connectivity index (χ1n) is 18.2. The summed E-state index contributed by atoms with van der Waals surface area (Å²) in [5, 5.41) is 3.54. The van der Waals surface area contributed by atoms with Crippen LogP contribution in [0.3, 0.4) is 0 Å². The van der Waals surface area contributed by atoms with Crippen LogP contribution < -0.4 is 5.73 Å². The van der Waals surface area contributed by atoms with E-state index in [0.29, 0.717) is 51.6 Å². The van der Waals surface area contributed by atoms with E-state index in [2.05, 4.69) is 127 Å². The summed E-state index contributed by atoms with van der Waals surface area (Å²) in [6.07, 6.45) is 0. The highest BCUT2D eigenvalue weighted by Gasteiger charge is 2.26. The minimum Gasteiger partial charge on any atom is -0.398 e. The summed E-state index contributed by atoms with van der Waals surface area (Å²) in [4.78, 5) is 38.3. The monoisotopic (exact) mass is 697 g/mol. The van der Waals surface area contributed by atoms with Gasteiger partial charge in [0.15, 0.2) is 23.3 Å². The minimum absolute atomic E-state index is 0.0694. The summed E-state index contributed by atoms with van der Waals surface area (Å²) in [5.41, 5.74) is 16.8. The number of nitrogen functional groups attached to an aromatic ring is 1. The zero-order valence-corrected chi connectivity index (χ0v) is 31.7. The predicted octanol–water partition coefficient (Wildman–Crippen LogP) is 10.3. The molecule has 9 rings (SSSR count). The van der Waals surface area contributed by atoms with Gasteiger partial charge in [0.05, 0.1) is 5.39 Å². The third-order valence-electron chi connectivity index (χ3n) is 10.5. The molecule has 0 fully saturated rings. The van der Waals surface area contributed by atoms with Crippen molar-refractivity contribution in [1.82, 2.24) is 39.9 Å². The molecular weight excluding hydrogens is 655 g/mol. The molecule has 0 saturated heterocycles. The van der Waals surface area contributed by atoms with Gasteiger partial charge in [0.25, 0.3) is 0 Å². The molecule has 2 aliphatic rings. The molecule has 9 heteroatoms. The van der Waals surface area contributed by atoms with Crippen LogP contribution in [0.2, 0.25) is 0 Å². The second-order valence-corrected chi connectivity index (χ2v) is 17.4. The Bertz CT molecular complexity index is 2830. The maximum atomic E-state index is 6.66. The smallest absolute Gasteiger partial charge is 0.164 e. The molecule has 0 spiro atoms. The van der Waals surface area contributed by atoms with Gasteiger partial charge in [0, 0.05) is 44.1 Å². The van der Waals surface area contributed by atoms with Gasteiger partial charge in [-0.3, -0.25) is 0 Å². The molecule has 4 aromatic carbocycles. The zero-order chi connectivity index (χ0) is 37.2. The van der Waals surface area contributed by atoms with E-state index in [1.165, 1.54) is 16.7 Å². The highest BCUT2D eigenvalue weighted by molar-refractivity contribution is 6.11. The van der Waals surface area contributed by atoms with Crippen LogP contribution in [0.1, 0.15) is 79.0 Å². The second-order valence-electron chi connectivity index (χ2n) is 17.4. The lowest BCUT2D eigenvalue weighted by Crippen LogP contribution is -2.10. The number of H-pyrrole nitrogens is 2. The molecule has 0 radical (unpaired) electrons. The van der Waals surface area contributed by atoms with Crippen molar-refractivity contribution in [3.8, 4) is 45.6 Å². The normalized spacial score (nSPS) is 13.1. The van der Waals surface area contributed by atoms with Gasteiger partial charge in [-0.15, -0.1) is 0 Å². The molecule has 9 nitrogen and oxygen atoms in total. The van der Waals surface area contributed by atoms with Gasteiger partial charge >= 0.3 is 0 Å². The molecule has 5 heterocycles. The van der Waals surface area contributed by atoms with Gasteiger partial charge in [-0.05, 0) is 57.2 Å². The van der Waals surface area contributed by atoms with Crippen LogP contribution >= 0.6 is 0 Å². The highest BCUT2D eigenvalue weighted by atomic mass is 15.1. The van der Waals surface area contributed by atoms with E-state index in [0.717, 1.165) is 43.8 Å². The third kappa shape index (κ3) is 5.36. The van der Waals surface area contributed by atoms with Crippen LogP contribution in [0.4, 0.5) is 5.69 Å². The Hall–Kier alpha value is -5.96. The van der Waals surface area contributed by atoms with Crippen molar-refractivity contribution in [3.63, 3.8) is 0 Å². The number of nitrogens with zero attached hydrogens (tertiary/aromatic N) is 6. The van der Waals surface area contributed by atoms with Crippen LogP contribution in [-0.4, -0.2) is 39.9 Å². The van der Waals surface area contributed by atoms with Gasteiger partial charge < -0.3 is 15.7 Å². The number of rotatable bonds is 0. The fourth-order valence-electron chi connectivity index (χ4n) is 7.27. The molecule has 7 aromatic rings. The maximum absolute atomic E-state index is 6.66. The van der Waals surface area contributed by atoms with Crippen molar-refractivity contribution in [2.24, 2.45) is 0 Å². The van der Waals surface area contributed by atoms with Gasteiger partial charge in [0.2, 0.25) is 0 Å². The van der Waals surface area contributed by atoms with E-state index in [1.54, 1.807) is 0 Å². The van der Waals surface area contributed by atoms with Crippen molar-refractivity contribution < 1.29 is 0 Å². The molecule has 0 aliphatic carbocycles. The summed E-state index contributed by atoms with van der Waals surface area (Å²) >= 11 is 0. The first-order valence-corrected chi connectivity index (χ1v) is 18.2. The number of aromatic nitrogens is 8. The molecule has 8 bridgehead atoms. The number of benzene rings is 4. The fourth-order valence-corrected chi connectivity index (χ4v) is 7.27. The average Bonchev–Trinajstić information content (AvgIpc) is 3.82. The predicted molar refractivity (Wildman–Crippen MR) is 217 cm³/mol. The van der Waals surface area contributed by atoms with Gasteiger partial charge in [-0.1, -0.05) is 111 Å². The van der Waals surface area contributed by atoms with Crippen LogP contribution in [0, 0.1) is 0 Å². The zero-order valence-electron chi connectivity index (χ0n) is 31.7. The lowest BCUT2D eigenvalue weighted by molar-refractivity contribution is 0.590. The quantitative estimate of drug-likeness (QED) is 0.134. The SMILES string of the molecule is CC(C)(C)c1ccc2c(c1)-c1nc-2nc2[nH]c(nc3nc(nc4[nH]c(n1)c1ccc(C(C)(C)C)cc41)-c1ccc(C(C)(C)C)cc1-3)c1cccc(N)c21. The van der Waals surface area contributed by atoms with E-state index in [1.807, 2.05) is 18.2 Å². The largest absolute Gasteiger partial charge is 0.398 e. The Balaban J connectivity index is 1.47. The Morgan fingerprint density at radius 3 is 1.40 bits per heavy atom. The molecule has 0 unspecified atom stereocenters. The average molecular weight is 698 g/mol. The Kier molecular flexibility index (Phi) is 6.85. The molecule has 0 saturated carbocycles. The first kappa shape index (κ1) is 32.9. The van der Waals surface area contributed by atoms with Crippen molar-refractivity contribution in [2.45, 2.75) is 78.6 Å². The Morgan fingerprint density at radius 2 is 0.849 bits per heavy atom. The van der Waals surface area contributed by atoms with Gasteiger partial charge in [-0.25, -0.2) is 29.9 Å². The third-order valence-corrected chi connectivity index (χ3v) is 10.5. The minimum atomic E-state index is -0.0774. The van der Waals surface area contributed by atoms with Crippen LogP contribution in [0.25, 0.3) is 89.7 Å². The van der Waals surface area contributed by atoms with E-state index in [-0.39, 0.29) is 16.2 Å². The van der Waals surface area contributed by atoms with Crippen LogP contribution in [0.5, 0.6) is 0 Å². The van der Waals surface area contributed by atoms with E-state index in [9.17, 15) is 0 Å². The summed E-state index contributed by atoms with van der Waals surface area (Å²) in [7, 11) is 0. The fraction of sp³-hybridized carbons (Fsp3) is 0.273. The maximum Gasteiger partial charge on any atom is 0.164 e. The summed E-state index contributed by atoms with van der Waals surface area (Å²) < 4.78 is 0. The topological polar surface area (TPSA) is 135 Å². The number of aromatic amines is 2. The lowest BCUT2D eigenvalue weighted by Gasteiger charge is -2.19. The number of fused-ring (bicyclic) bond motifs is 20.